The highest BCUT2D eigenvalue weighted by Crippen LogP contribution is 2.42. The summed E-state index contributed by atoms with van der Waals surface area (Å²) in [5.74, 6) is 0.157. The molecule has 0 aliphatic carbocycles. The van der Waals surface area contributed by atoms with E-state index in [-0.39, 0.29) is 10.7 Å². The number of nitrogens with zero attached hydrogens (tertiary/aromatic N) is 1. The van der Waals surface area contributed by atoms with Crippen LogP contribution in [-0.4, -0.2) is 13.0 Å². The van der Waals surface area contributed by atoms with Crippen molar-refractivity contribution < 1.29 is 4.79 Å². The third-order valence-corrected chi connectivity index (χ3v) is 8.03. The lowest BCUT2D eigenvalue weighted by Crippen LogP contribution is -2.20. The first-order valence-corrected chi connectivity index (χ1v) is 9.27. The van der Waals surface area contributed by atoms with Crippen LogP contribution in [0.5, 0.6) is 0 Å². The Kier molecular flexibility index (Phi) is 4.10. The molecule has 1 unspecified atom stereocenters. The molecule has 3 rings (SSSR count). The number of halogens is 3. The molecule has 0 fully saturated rings. The first kappa shape index (κ1) is 14.8. The van der Waals surface area contributed by atoms with E-state index in [1.807, 2.05) is 13.1 Å². The number of hydrogen-bond donors (Lipinski definition) is 0. The third kappa shape index (κ3) is 2.51. The van der Waals surface area contributed by atoms with Gasteiger partial charge in [0, 0.05) is 22.1 Å². The summed E-state index contributed by atoms with van der Waals surface area (Å²) < 4.78 is 2.16. The normalized spacial score (nSPS) is 15.6. The van der Waals surface area contributed by atoms with Crippen molar-refractivity contribution in [1.82, 2.24) is 0 Å². The molecular weight excluding hydrogens is 470 g/mol. The molecule has 0 bridgehead atoms. The Balaban J connectivity index is 1.96. The van der Waals surface area contributed by atoms with Crippen molar-refractivity contribution >= 4 is 70.7 Å². The van der Waals surface area contributed by atoms with Crippen LogP contribution in [0, 0.1) is 0 Å². The van der Waals surface area contributed by atoms with Crippen molar-refractivity contribution in [3.05, 3.63) is 48.5 Å². The van der Waals surface area contributed by atoms with Crippen LogP contribution in [0.4, 0.5) is 5.69 Å². The van der Waals surface area contributed by atoms with Gasteiger partial charge in [0.1, 0.15) is 0 Å². The zero-order chi connectivity index (χ0) is 14.4. The molecule has 2 nitrogen and oxygen atoms in total. The zero-order valence-electron chi connectivity index (χ0n) is 10.5. The number of rotatable bonds is 2. The Bertz CT molecular complexity index is 678. The lowest BCUT2D eigenvalue weighted by atomic mass is 10.1. The van der Waals surface area contributed by atoms with Gasteiger partial charge in [-0.05, 0) is 55.1 Å². The van der Waals surface area contributed by atoms with Crippen molar-refractivity contribution in [2.24, 2.45) is 0 Å². The predicted octanol–water partition coefficient (Wildman–Crippen LogP) is 5.28. The van der Waals surface area contributed by atoms with E-state index in [4.69, 9.17) is 0 Å². The highest BCUT2D eigenvalue weighted by Gasteiger charge is 2.25. The molecule has 1 aromatic heterocycles. The molecule has 2 aromatic rings. The van der Waals surface area contributed by atoms with Crippen LogP contribution in [0.25, 0.3) is 0 Å². The lowest BCUT2D eigenvalue weighted by Gasteiger charge is -2.12. The van der Waals surface area contributed by atoms with Crippen molar-refractivity contribution in [2.45, 2.75) is 11.2 Å². The van der Waals surface area contributed by atoms with Crippen molar-refractivity contribution in [2.75, 3.05) is 11.9 Å². The number of anilines is 1. The van der Waals surface area contributed by atoms with Crippen LogP contribution in [0.1, 0.15) is 20.8 Å². The molecule has 2 heterocycles. The maximum Gasteiger partial charge on any atom is 0.231 e. The van der Waals surface area contributed by atoms with E-state index in [2.05, 4.69) is 66.0 Å². The molecule has 1 amide bonds. The van der Waals surface area contributed by atoms with Gasteiger partial charge < -0.3 is 4.90 Å². The summed E-state index contributed by atoms with van der Waals surface area (Å²) in [6, 6.07) is 8.34. The van der Waals surface area contributed by atoms with E-state index >= 15 is 0 Å². The minimum absolute atomic E-state index is 0.140. The van der Waals surface area contributed by atoms with Gasteiger partial charge in [0.05, 0.1) is 15.0 Å². The Morgan fingerprint density at radius 1 is 1.30 bits per heavy atom. The van der Waals surface area contributed by atoms with Gasteiger partial charge in [-0.25, -0.2) is 0 Å². The molecule has 0 radical (unpaired) electrons. The molecular formula is C14H10Br3NOS. The minimum atomic E-state index is 0.140. The van der Waals surface area contributed by atoms with Crippen LogP contribution < -0.4 is 4.90 Å². The van der Waals surface area contributed by atoms with E-state index in [0.29, 0.717) is 6.42 Å². The zero-order valence-corrected chi connectivity index (χ0v) is 16.1. The number of amides is 1. The van der Waals surface area contributed by atoms with Gasteiger partial charge >= 0.3 is 0 Å². The van der Waals surface area contributed by atoms with Gasteiger partial charge in [0.15, 0.2) is 0 Å². The van der Waals surface area contributed by atoms with E-state index in [9.17, 15) is 4.79 Å². The second-order valence-electron chi connectivity index (χ2n) is 4.65. The fraction of sp³-hybridized carbons (Fsp3) is 0.214. The smallest absolute Gasteiger partial charge is 0.231 e. The van der Waals surface area contributed by atoms with Crippen LogP contribution >= 0.6 is 59.1 Å². The van der Waals surface area contributed by atoms with Gasteiger partial charge in [0.2, 0.25) is 5.91 Å². The summed E-state index contributed by atoms with van der Waals surface area (Å²) in [5.41, 5.74) is 3.30. The predicted molar refractivity (Wildman–Crippen MR) is 94.0 cm³/mol. The summed E-state index contributed by atoms with van der Waals surface area (Å²) in [5, 5.41) is 0. The molecule has 1 aliphatic rings. The molecule has 1 aromatic carbocycles. The summed E-state index contributed by atoms with van der Waals surface area (Å²) in [6.45, 7) is 0. The summed E-state index contributed by atoms with van der Waals surface area (Å²) in [7, 11) is 1.83. The fourth-order valence-electron chi connectivity index (χ4n) is 2.30. The Morgan fingerprint density at radius 3 is 2.70 bits per heavy atom. The number of benzene rings is 1. The van der Waals surface area contributed by atoms with E-state index < -0.39 is 0 Å². The van der Waals surface area contributed by atoms with Crippen LogP contribution in [0.3, 0.4) is 0 Å². The molecule has 1 aliphatic heterocycles. The Hall–Kier alpha value is -0.170. The molecule has 6 heteroatoms. The van der Waals surface area contributed by atoms with Gasteiger partial charge in [-0.15, -0.1) is 11.3 Å². The first-order chi connectivity index (χ1) is 9.47. The molecule has 1 atom stereocenters. The number of hydrogen-bond acceptors (Lipinski definition) is 2. The van der Waals surface area contributed by atoms with Crippen LogP contribution in [-0.2, 0) is 11.2 Å². The number of alkyl halides is 1. The average molecular weight is 480 g/mol. The number of fused-ring (bicyclic) bond motifs is 1. The fourth-order valence-corrected chi connectivity index (χ4v) is 5.09. The second kappa shape index (κ2) is 5.55. The monoisotopic (exact) mass is 477 g/mol. The molecule has 0 N–H and O–H groups in total. The first-order valence-electron chi connectivity index (χ1n) is 5.95. The summed E-state index contributed by atoms with van der Waals surface area (Å²) >= 11 is 12.5. The quantitative estimate of drug-likeness (QED) is 0.537. The average Bonchev–Trinajstić information content (AvgIpc) is 2.90. The largest absolute Gasteiger partial charge is 0.315 e. The highest BCUT2D eigenvalue weighted by atomic mass is 79.9. The molecule has 0 spiro atoms. The minimum Gasteiger partial charge on any atom is -0.315 e. The van der Waals surface area contributed by atoms with Gasteiger partial charge in [-0.2, -0.15) is 0 Å². The van der Waals surface area contributed by atoms with E-state index in [0.717, 1.165) is 19.5 Å². The maximum absolute atomic E-state index is 11.7. The molecule has 20 heavy (non-hydrogen) atoms. The SMILES string of the molecule is CN1C(=O)Cc2cc(C(Br)c3cc(Br)c(Br)s3)ccc21. The van der Waals surface area contributed by atoms with Crippen LogP contribution in [0.2, 0.25) is 0 Å². The second-order valence-corrected chi connectivity index (χ2v) is 8.82. The van der Waals surface area contributed by atoms with Crippen molar-refractivity contribution in [3.8, 4) is 0 Å². The van der Waals surface area contributed by atoms with Crippen molar-refractivity contribution in [1.29, 1.82) is 0 Å². The van der Waals surface area contributed by atoms with E-state index in [1.54, 1.807) is 16.2 Å². The number of likely N-dealkylation sites (N-methyl/N-ethyl adjacent to an activating group) is 1. The number of carbonyl (C=O) groups is 1. The van der Waals surface area contributed by atoms with Crippen LogP contribution in [0.15, 0.2) is 32.5 Å². The highest BCUT2D eigenvalue weighted by molar-refractivity contribution is 9.13. The summed E-state index contributed by atoms with van der Waals surface area (Å²) in [4.78, 5) is 14.8. The van der Waals surface area contributed by atoms with Gasteiger partial charge in [0.25, 0.3) is 0 Å². The molecule has 104 valence electrons. The Labute approximate surface area is 146 Å². The Morgan fingerprint density at radius 2 is 2.05 bits per heavy atom. The lowest BCUT2D eigenvalue weighted by molar-refractivity contribution is -0.117. The maximum atomic E-state index is 11.7. The standard InChI is InChI=1S/C14H10Br3NOS/c1-18-10-3-2-7(4-8(10)5-12(18)19)13(16)11-6-9(15)14(17)20-11/h2-4,6,13H,5H2,1H3. The van der Waals surface area contributed by atoms with E-state index in [1.165, 1.54) is 10.4 Å². The third-order valence-electron chi connectivity index (χ3n) is 3.39. The number of thiophene rings is 1. The molecule has 0 saturated heterocycles. The topological polar surface area (TPSA) is 20.3 Å². The van der Waals surface area contributed by atoms with Gasteiger partial charge in [-0.1, -0.05) is 28.1 Å². The summed E-state index contributed by atoms with van der Waals surface area (Å²) in [6.07, 6.45) is 0.497. The number of carbonyl (C=O) groups excluding carboxylic acids is 1. The van der Waals surface area contributed by atoms with Gasteiger partial charge in [-0.3, -0.25) is 4.79 Å². The van der Waals surface area contributed by atoms with Crippen molar-refractivity contribution in [3.63, 3.8) is 0 Å². The molecule has 0 saturated carbocycles.